The summed E-state index contributed by atoms with van der Waals surface area (Å²) < 4.78 is 5.32. The fraction of sp³-hybridized carbons (Fsp3) is 0.583. The van der Waals surface area contributed by atoms with Gasteiger partial charge in [-0.05, 0) is 26.7 Å². The van der Waals surface area contributed by atoms with Crippen LogP contribution in [0.15, 0.2) is 6.07 Å². The van der Waals surface area contributed by atoms with E-state index in [1.165, 1.54) is 0 Å². The van der Waals surface area contributed by atoms with Gasteiger partial charge < -0.3 is 15.2 Å². The van der Waals surface area contributed by atoms with E-state index in [2.05, 4.69) is 15.3 Å². The minimum Gasteiger partial charge on any atom is -0.481 e. The SMILES string of the molecule is CCOc1cc(NCCCCC(=O)O)nc(C)n1. The van der Waals surface area contributed by atoms with Gasteiger partial charge in [0.25, 0.3) is 0 Å². The van der Waals surface area contributed by atoms with Crippen LogP contribution < -0.4 is 10.1 Å². The van der Waals surface area contributed by atoms with Gasteiger partial charge in [0.15, 0.2) is 0 Å². The number of aryl methyl sites for hydroxylation is 1. The Morgan fingerprint density at radius 1 is 1.44 bits per heavy atom. The zero-order valence-electron chi connectivity index (χ0n) is 10.8. The summed E-state index contributed by atoms with van der Waals surface area (Å²) in [6.07, 6.45) is 1.65. The maximum atomic E-state index is 10.3. The second-order valence-electron chi connectivity index (χ2n) is 3.85. The third kappa shape index (κ3) is 5.47. The first-order valence-electron chi connectivity index (χ1n) is 6.06. The van der Waals surface area contributed by atoms with Gasteiger partial charge in [0.1, 0.15) is 11.6 Å². The molecule has 0 atom stereocenters. The average molecular weight is 253 g/mol. The highest BCUT2D eigenvalue weighted by Crippen LogP contribution is 2.13. The molecule has 0 aliphatic rings. The molecule has 0 aliphatic heterocycles. The molecule has 100 valence electrons. The van der Waals surface area contributed by atoms with E-state index in [0.29, 0.717) is 37.1 Å². The Bertz CT molecular complexity index is 396. The van der Waals surface area contributed by atoms with E-state index in [0.717, 1.165) is 6.42 Å². The van der Waals surface area contributed by atoms with Crippen LogP contribution in [0.4, 0.5) is 5.82 Å². The molecule has 0 fully saturated rings. The fourth-order valence-corrected chi connectivity index (χ4v) is 1.47. The Labute approximate surface area is 106 Å². The highest BCUT2D eigenvalue weighted by Gasteiger charge is 2.02. The summed E-state index contributed by atoms with van der Waals surface area (Å²) in [5.74, 6) is 1.15. The first-order chi connectivity index (χ1) is 8.61. The van der Waals surface area contributed by atoms with Gasteiger partial charge in [0.2, 0.25) is 5.88 Å². The molecule has 6 nitrogen and oxygen atoms in total. The van der Waals surface area contributed by atoms with Gasteiger partial charge >= 0.3 is 5.97 Å². The van der Waals surface area contributed by atoms with Crippen molar-refractivity contribution in [1.29, 1.82) is 0 Å². The number of aliphatic carboxylic acids is 1. The lowest BCUT2D eigenvalue weighted by Crippen LogP contribution is -2.07. The van der Waals surface area contributed by atoms with Crippen LogP contribution in [0.25, 0.3) is 0 Å². The van der Waals surface area contributed by atoms with E-state index < -0.39 is 5.97 Å². The number of carboxylic acid groups (broad SMARTS) is 1. The molecule has 1 heterocycles. The molecule has 1 aromatic heterocycles. The number of hydrogen-bond acceptors (Lipinski definition) is 5. The molecule has 1 aromatic rings. The normalized spacial score (nSPS) is 10.1. The van der Waals surface area contributed by atoms with E-state index in [1.807, 2.05) is 6.92 Å². The number of aromatic nitrogens is 2. The van der Waals surface area contributed by atoms with Crippen molar-refractivity contribution in [1.82, 2.24) is 9.97 Å². The average Bonchev–Trinajstić information content (AvgIpc) is 2.28. The molecule has 0 spiro atoms. The molecule has 6 heteroatoms. The van der Waals surface area contributed by atoms with E-state index in [9.17, 15) is 4.79 Å². The zero-order chi connectivity index (χ0) is 13.4. The summed E-state index contributed by atoms with van der Waals surface area (Å²) >= 11 is 0. The molecule has 0 saturated heterocycles. The second kappa shape index (κ2) is 7.47. The smallest absolute Gasteiger partial charge is 0.303 e. The van der Waals surface area contributed by atoms with Crippen molar-refractivity contribution in [2.24, 2.45) is 0 Å². The molecule has 0 radical (unpaired) electrons. The van der Waals surface area contributed by atoms with E-state index >= 15 is 0 Å². The molecule has 0 bridgehead atoms. The Balaban J connectivity index is 2.39. The summed E-state index contributed by atoms with van der Waals surface area (Å²) in [6, 6.07) is 1.74. The lowest BCUT2D eigenvalue weighted by molar-refractivity contribution is -0.137. The third-order valence-corrected chi connectivity index (χ3v) is 2.23. The second-order valence-corrected chi connectivity index (χ2v) is 3.85. The van der Waals surface area contributed by atoms with Gasteiger partial charge in [-0.1, -0.05) is 0 Å². The highest BCUT2D eigenvalue weighted by molar-refractivity contribution is 5.66. The van der Waals surface area contributed by atoms with Crippen LogP contribution in [0.1, 0.15) is 32.0 Å². The molecule has 18 heavy (non-hydrogen) atoms. The van der Waals surface area contributed by atoms with Crippen molar-refractivity contribution in [2.45, 2.75) is 33.1 Å². The fourth-order valence-electron chi connectivity index (χ4n) is 1.47. The summed E-state index contributed by atoms with van der Waals surface area (Å²) in [7, 11) is 0. The summed E-state index contributed by atoms with van der Waals surface area (Å²) in [6.45, 7) is 4.96. The Morgan fingerprint density at radius 3 is 2.89 bits per heavy atom. The predicted molar refractivity (Wildman–Crippen MR) is 67.9 cm³/mol. The molecule has 0 aliphatic carbocycles. The van der Waals surface area contributed by atoms with Crippen molar-refractivity contribution in [3.63, 3.8) is 0 Å². The Hall–Kier alpha value is -1.85. The maximum absolute atomic E-state index is 10.3. The zero-order valence-corrected chi connectivity index (χ0v) is 10.8. The van der Waals surface area contributed by atoms with E-state index in [1.54, 1.807) is 13.0 Å². The van der Waals surface area contributed by atoms with Crippen molar-refractivity contribution < 1.29 is 14.6 Å². The maximum Gasteiger partial charge on any atom is 0.303 e. The molecule has 0 aromatic carbocycles. The molecule has 0 amide bonds. The van der Waals surface area contributed by atoms with Crippen LogP contribution in [0, 0.1) is 6.92 Å². The van der Waals surface area contributed by atoms with Crippen LogP contribution in [0.3, 0.4) is 0 Å². The van der Waals surface area contributed by atoms with Gasteiger partial charge in [0.05, 0.1) is 6.61 Å². The minimum absolute atomic E-state index is 0.203. The molecular weight excluding hydrogens is 234 g/mol. The number of anilines is 1. The number of rotatable bonds is 8. The number of carbonyl (C=O) groups is 1. The van der Waals surface area contributed by atoms with Gasteiger partial charge in [-0.15, -0.1) is 0 Å². The van der Waals surface area contributed by atoms with E-state index in [4.69, 9.17) is 9.84 Å². The van der Waals surface area contributed by atoms with Gasteiger partial charge in [-0.25, -0.2) is 4.98 Å². The number of unbranched alkanes of at least 4 members (excludes halogenated alkanes) is 1. The van der Waals surface area contributed by atoms with Crippen molar-refractivity contribution in [3.05, 3.63) is 11.9 Å². The Morgan fingerprint density at radius 2 is 2.22 bits per heavy atom. The molecular formula is C12H19N3O3. The Kier molecular flexibility index (Phi) is 5.90. The van der Waals surface area contributed by atoms with Gasteiger partial charge in [0, 0.05) is 19.0 Å². The van der Waals surface area contributed by atoms with Crippen LogP contribution >= 0.6 is 0 Å². The first-order valence-corrected chi connectivity index (χ1v) is 6.06. The topological polar surface area (TPSA) is 84.3 Å². The molecule has 1 rings (SSSR count). The monoisotopic (exact) mass is 253 g/mol. The minimum atomic E-state index is -0.758. The summed E-state index contributed by atoms with van der Waals surface area (Å²) in [5, 5.41) is 11.6. The highest BCUT2D eigenvalue weighted by atomic mass is 16.5. The molecule has 2 N–H and O–H groups in total. The number of ether oxygens (including phenoxy) is 1. The third-order valence-electron chi connectivity index (χ3n) is 2.23. The van der Waals surface area contributed by atoms with Crippen molar-refractivity contribution in [2.75, 3.05) is 18.5 Å². The largest absolute Gasteiger partial charge is 0.481 e. The van der Waals surface area contributed by atoms with Crippen LogP contribution in [-0.4, -0.2) is 34.2 Å². The predicted octanol–water partition coefficient (Wildman–Crippen LogP) is 1.85. The van der Waals surface area contributed by atoms with Crippen molar-refractivity contribution >= 4 is 11.8 Å². The van der Waals surface area contributed by atoms with Crippen LogP contribution in [0.2, 0.25) is 0 Å². The number of nitrogens with one attached hydrogen (secondary N) is 1. The summed E-state index contributed by atoms with van der Waals surface area (Å²) in [4.78, 5) is 18.7. The number of carboxylic acids is 1. The quantitative estimate of drug-likeness (QED) is 0.688. The summed E-state index contributed by atoms with van der Waals surface area (Å²) in [5.41, 5.74) is 0. The van der Waals surface area contributed by atoms with Crippen LogP contribution in [-0.2, 0) is 4.79 Å². The van der Waals surface area contributed by atoms with Gasteiger partial charge in [-0.3, -0.25) is 4.79 Å². The number of hydrogen-bond donors (Lipinski definition) is 2. The standard InChI is InChI=1S/C12H19N3O3/c1-3-18-11-8-10(14-9(2)15-11)13-7-5-4-6-12(16)17/h8H,3-7H2,1-2H3,(H,16,17)(H,13,14,15). The van der Waals surface area contributed by atoms with E-state index in [-0.39, 0.29) is 6.42 Å². The lowest BCUT2D eigenvalue weighted by Gasteiger charge is -2.08. The number of nitrogens with zero attached hydrogens (tertiary/aromatic N) is 2. The van der Waals surface area contributed by atoms with Gasteiger partial charge in [-0.2, -0.15) is 4.98 Å². The molecule has 0 unspecified atom stereocenters. The lowest BCUT2D eigenvalue weighted by atomic mass is 10.2. The van der Waals surface area contributed by atoms with Crippen LogP contribution in [0.5, 0.6) is 5.88 Å². The molecule has 0 saturated carbocycles. The first kappa shape index (κ1) is 14.2. The van der Waals surface area contributed by atoms with Crippen molar-refractivity contribution in [3.8, 4) is 5.88 Å².